The molecule has 2 aliphatic rings. The van der Waals surface area contributed by atoms with Gasteiger partial charge < -0.3 is 4.74 Å². The molecule has 2 atom stereocenters. The number of rotatable bonds is 2. The summed E-state index contributed by atoms with van der Waals surface area (Å²) in [7, 11) is 0. The Morgan fingerprint density at radius 1 is 1.23 bits per heavy atom. The van der Waals surface area contributed by atoms with Gasteiger partial charge in [0.05, 0.1) is 5.92 Å². The zero-order valence-corrected chi connectivity index (χ0v) is 8.29. The van der Waals surface area contributed by atoms with Crippen LogP contribution in [0.15, 0.2) is 0 Å². The molecular weight excluding hydrogens is 164 g/mol. The minimum absolute atomic E-state index is 0.0778. The van der Waals surface area contributed by atoms with Crippen molar-refractivity contribution in [1.82, 2.24) is 0 Å². The van der Waals surface area contributed by atoms with Gasteiger partial charge in [0.2, 0.25) is 0 Å². The number of carbonyl (C=O) groups is 1. The molecule has 2 nitrogen and oxygen atoms in total. The zero-order valence-electron chi connectivity index (χ0n) is 8.29. The maximum atomic E-state index is 11.6. The zero-order chi connectivity index (χ0) is 9.26. The normalized spacial score (nSPS) is 34.2. The SMILES string of the molecule is CC1CCCC(C(=O)OC2CC2)C1. The summed E-state index contributed by atoms with van der Waals surface area (Å²) in [4.78, 5) is 11.6. The van der Waals surface area contributed by atoms with Gasteiger partial charge in [-0.05, 0) is 31.6 Å². The van der Waals surface area contributed by atoms with Gasteiger partial charge in [-0.2, -0.15) is 0 Å². The van der Waals surface area contributed by atoms with Crippen LogP contribution >= 0.6 is 0 Å². The summed E-state index contributed by atoms with van der Waals surface area (Å²) in [6.07, 6.45) is 7.05. The molecule has 13 heavy (non-hydrogen) atoms. The molecule has 0 aromatic rings. The van der Waals surface area contributed by atoms with Crippen molar-refractivity contribution in [2.24, 2.45) is 11.8 Å². The van der Waals surface area contributed by atoms with E-state index < -0.39 is 0 Å². The Bertz CT molecular complexity index is 196. The first kappa shape index (κ1) is 9.04. The van der Waals surface area contributed by atoms with E-state index in [0.717, 1.165) is 25.7 Å². The van der Waals surface area contributed by atoms with Crippen LogP contribution in [0, 0.1) is 11.8 Å². The summed E-state index contributed by atoms with van der Waals surface area (Å²) < 4.78 is 5.31. The van der Waals surface area contributed by atoms with E-state index in [0.29, 0.717) is 5.92 Å². The minimum Gasteiger partial charge on any atom is -0.462 e. The lowest BCUT2D eigenvalue weighted by Crippen LogP contribution is -2.24. The number of hydrogen-bond donors (Lipinski definition) is 0. The highest BCUT2D eigenvalue weighted by Gasteiger charge is 2.31. The fraction of sp³-hybridized carbons (Fsp3) is 0.909. The highest BCUT2D eigenvalue weighted by Crippen LogP contribution is 2.32. The second-order valence-electron chi connectivity index (χ2n) is 4.60. The lowest BCUT2D eigenvalue weighted by atomic mass is 9.82. The maximum absolute atomic E-state index is 11.6. The smallest absolute Gasteiger partial charge is 0.309 e. The average molecular weight is 182 g/mol. The molecule has 0 radical (unpaired) electrons. The molecule has 74 valence electrons. The quantitative estimate of drug-likeness (QED) is 0.613. The molecule has 0 heterocycles. The Hall–Kier alpha value is -0.530. The van der Waals surface area contributed by atoms with Crippen molar-refractivity contribution in [1.29, 1.82) is 0 Å². The van der Waals surface area contributed by atoms with E-state index in [2.05, 4.69) is 6.92 Å². The van der Waals surface area contributed by atoms with Crippen molar-refractivity contribution in [3.8, 4) is 0 Å². The molecule has 0 aromatic heterocycles. The summed E-state index contributed by atoms with van der Waals surface area (Å²) in [5.41, 5.74) is 0. The van der Waals surface area contributed by atoms with Crippen LogP contribution in [0.3, 0.4) is 0 Å². The third-order valence-corrected chi connectivity index (χ3v) is 3.08. The van der Waals surface area contributed by atoms with Crippen LogP contribution in [0.1, 0.15) is 45.4 Å². The predicted octanol–water partition coefficient (Wildman–Crippen LogP) is 2.52. The van der Waals surface area contributed by atoms with Crippen LogP contribution in [-0.4, -0.2) is 12.1 Å². The Morgan fingerprint density at radius 3 is 2.62 bits per heavy atom. The van der Waals surface area contributed by atoms with E-state index in [4.69, 9.17) is 4.74 Å². The van der Waals surface area contributed by atoms with Gasteiger partial charge in [0.25, 0.3) is 0 Å². The number of ether oxygens (including phenoxy) is 1. The minimum atomic E-state index is 0.0778. The lowest BCUT2D eigenvalue weighted by molar-refractivity contribution is -0.151. The Balaban J connectivity index is 1.80. The standard InChI is InChI=1S/C11H18O2/c1-8-3-2-4-9(7-8)11(12)13-10-5-6-10/h8-10H,2-7H2,1H3. The highest BCUT2D eigenvalue weighted by atomic mass is 16.5. The van der Waals surface area contributed by atoms with Gasteiger partial charge >= 0.3 is 5.97 Å². The first-order valence-corrected chi connectivity index (χ1v) is 5.46. The third-order valence-electron chi connectivity index (χ3n) is 3.08. The monoisotopic (exact) mass is 182 g/mol. The molecule has 0 saturated heterocycles. The molecule has 0 bridgehead atoms. The van der Waals surface area contributed by atoms with Gasteiger partial charge in [-0.3, -0.25) is 4.79 Å². The Kier molecular flexibility index (Phi) is 2.56. The van der Waals surface area contributed by atoms with E-state index in [1.807, 2.05) is 0 Å². The molecule has 2 rings (SSSR count). The molecule has 0 aliphatic heterocycles. The molecule has 0 aromatic carbocycles. The predicted molar refractivity (Wildman–Crippen MR) is 50.2 cm³/mol. The largest absolute Gasteiger partial charge is 0.462 e. The fourth-order valence-corrected chi connectivity index (χ4v) is 2.09. The topological polar surface area (TPSA) is 26.3 Å². The molecule has 0 N–H and O–H groups in total. The van der Waals surface area contributed by atoms with E-state index in [1.165, 1.54) is 12.8 Å². The molecule has 0 amide bonds. The second kappa shape index (κ2) is 3.69. The van der Waals surface area contributed by atoms with Gasteiger partial charge in [-0.25, -0.2) is 0 Å². The molecule has 2 saturated carbocycles. The summed E-state index contributed by atoms with van der Waals surface area (Å²) in [5.74, 6) is 1.00. The van der Waals surface area contributed by atoms with Crippen molar-refractivity contribution >= 4 is 5.97 Å². The molecular formula is C11H18O2. The lowest BCUT2D eigenvalue weighted by Gasteiger charge is -2.24. The van der Waals surface area contributed by atoms with Crippen LogP contribution in [0.4, 0.5) is 0 Å². The van der Waals surface area contributed by atoms with Crippen LogP contribution in [0.2, 0.25) is 0 Å². The van der Waals surface area contributed by atoms with Crippen LogP contribution in [0.25, 0.3) is 0 Å². The third kappa shape index (κ3) is 2.45. The van der Waals surface area contributed by atoms with Gasteiger partial charge in [0.1, 0.15) is 6.10 Å². The van der Waals surface area contributed by atoms with E-state index in [1.54, 1.807) is 0 Å². The van der Waals surface area contributed by atoms with E-state index in [9.17, 15) is 4.79 Å². The average Bonchev–Trinajstić information content (AvgIpc) is 2.88. The van der Waals surface area contributed by atoms with Crippen molar-refractivity contribution in [2.45, 2.75) is 51.6 Å². The molecule has 2 fully saturated rings. The van der Waals surface area contributed by atoms with Crippen molar-refractivity contribution in [2.75, 3.05) is 0 Å². The number of hydrogen-bond acceptors (Lipinski definition) is 2. The Morgan fingerprint density at radius 2 is 2.00 bits per heavy atom. The fourth-order valence-electron chi connectivity index (χ4n) is 2.09. The first-order valence-electron chi connectivity index (χ1n) is 5.46. The first-order chi connectivity index (χ1) is 6.25. The Labute approximate surface area is 79.7 Å². The highest BCUT2D eigenvalue weighted by molar-refractivity contribution is 5.72. The summed E-state index contributed by atoms with van der Waals surface area (Å²) in [6.45, 7) is 2.23. The van der Waals surface area contributed by atoms with Crippen molar-refractivity contribution in [3.05, 3.63) is 0 Å². The summed E-state index contributed by atoms with van der Waals surface area (Å²) in [5, 5.41) is 0. The van der Waals surface area contributed by atoms with E-state index in [-0.39, 0.29) is 18.0 Å². The van der Waals surface area contributed by atoms with E-state index >= 15 is 0 Å². The molecule has 2 aliphatic carbocycles. The van der Waals surface area contributed by atoms with Crippen LogP contribution < -0.4 is 0 Å². The van der Waals surface area contributed by atoms with Gasteiger partial charge in [0.15, 0.2) is 0 Å². The number of esters is 1. The molecule has 0 spiro atoms. The second-order valence-corrected chi connectivity index (χ2v) is 4.60. The number of carbonyl (C=O) groups excluding carboxylic acids is 1. The van der Waals surface area contributed by atoms with Crippen molar-refractivity contribution < 1.29 is 9.53 Å². The van der Waals surface area contributed by atoms with Crippen LogP contribution in [0.5, 0.6) is 0 Å². The molecule has 2 heteroatoms. The maximum Gasteiger partial charge on any atom is 0.309 e. The van der Waals surface area contributed by atoms with Gasteiger partial charge in [-0.15, -0.1) is 0 Å². The van der Waals surface area contributed by atoms with Gasteiger partial charge in [-0.1, -0.05) is 19.8 Å². The summed E-state index contributed by atoms with van der Waals surface area (Å²) in [6, 6.07) is 0. The van der Waals surface area contributed by atoms with Crippen LogP contribution in [-0.2, 0) is 9.53 Å². The van der Waals surface area contributed by atoms with Crippen molar-refractivity contribution in [3.63, 3.8) is 0 Å². The molecule has 2 unspecified atom stereocenters. The summed E-state index contributed by atoms with van der Waals surface area (Å²) >= 11 is 0. The van der Waals surface area contributed by atoms with Gasteiger partial charge in [0, 0.05) is 0 Å².